The van der Waals surface area contributed by atoms with E-state index in [0.29, 0.717) is 0 Å². The molecular weight excluding hydrogens is 837 g/mol. The van der Waals surface area contributed by atoms with E-state index in [9.17, 15) is 0 Å². The molecule has 0 aliphatic carbocycles. The molecule has 4 aromatic heterocycles. The molecule has 4 nitrogen and oxygen atoms in total. The van der Waals surface area contributed by atoms with E-state index in [2.05, 4.69) is 268 Å². The van der Waals surface area contributed by atoms with Crippen LogP contribution < -0.4 is 0 Å². The Balaban J connectivity index is 0.918. The maximum Gasteiger partial charge on any atom is 0.0715 e. The van der Waals surface area contributed by atoms with Crippen molar-refractivity contribution in [1.82, 2.24) is 18.7 Å². The third-order valence-corrected chi connectivity index (χ3v) is 14.0. The van der Waals surface area contributed by atoms with Gasteiger partial charge in [0.25, 0.3) is 0 Å². The van der Waals surface area contributed by atoms with Crippen molar-refractivity contribution in [3.63, 3.8) is 0 Å². The number of nitrogens with zero attached hydrogens (tertiary/aromatic N) is 4. The van der Waals surface area contributed by atoms with Gasteiger partial charge in [0.1, 0.15) is 0 Å². The lowest BCUT2D eigenvalue weighted by Crippen LogP contribution is -1.96. The van der Waals surface area contributed by atoms with Crippen LogP contribution in [0.1, 0.15) is 0 Å². The van der Waals surface area contributed by atoms with Crippen LogP contribution in [0, 0.1) is 0 Å². The van der Waals surface area contributed by atoms with Crippen LogP contribution in [0.4, 0.5) is 0 Å². The Morgan fingerprint density at radius 2 is 0.551 bits per heavy atom. The second-order valence-corrected chi connectivity index (χ2v) is 18.0. The average Bonchev–Trinajstić information content (AvgIpc) is 4.06. The zero-order chi connectivity index (χ0) is 45.4. The second kappa shape index (κ2) is 15.7. The first-order chi connectivity index (χ1) is 34.2. The lowest BCUT2D eigenvalue weighted by molar-refractivity contribution is 1.16. The summed E-state index contributed by atoms with van der Waals surface area (Å²) in [6.07, 6.45) is 0. The Labute approximate surface area is 398 Å². The first kappa shape index (κ1) is 39.0. The number of fused-ring (bicyclic) bond motifs is 9. The third-order valence-electron chi connectivity index (χ3n) is 14.0. The molecule has 10 aromatic carbocycles. The number of hydrogen-bond donors (Lipinski definition) is 0. The first-order valence-corrected chi connectivity index (χ1v) is 23.6. The van der Waals surface area contributed by atoms with Crippen molar-refractivity contribution in [2.24, 2.45) is 0 Å². The number of pyridine rings is 1. The van der Waals surface area contributed by atoms with Gasteiger partial charge in [-0.25, -0.2) is 4.98 Å². The Hall–Kier alpha value is -9.25. The lowest BCUT2D eigenvalue weighted by Gasteiger charge is -2.13. The highest BCUT2D eigenvalue weighted by atomic mass is 15.0. The molecule has 0 saturated heterocycles. The average molecular weight is 879 g/mol. The topological polar surface area (TPSA) is 27.7 Å². The van der Waals surface area contributed by atoms with Gasteiger partial charge >= 0.3 is 0 Å². The Bertz CT molecular complexity index is 3950. The van der Waals surface area contributed by atoms with Crippen molar-refractivity contribution in [2.75, 3.05) is 0 Å². The van der Waals surface area contributed by atoms with Crippen molar-refractivity contribution < 1.29 is 0 Å². The van der Waals surface area contributed by atoms with E-state index in [1.54, 1.807) is 0 Å². The van der Waals surface area contributed by atoms with E-state index in [-0.39, 0.29) is 0 Å². The predicted octanol–water partition coefficient (Wildman–Crippen LogP) is 17.0. The monoisotopic (exact) mass is 878 g/mol. The fourth-order valence-corrected chi connectivity index (χ4v) is 10.8. The number of aromatic nitrogens is 4. The van der Waals surface area contributed by atoms with E-state index in [1.807, 2.05) is 0 Å². The molecule has 0 saturated carbocycles. The van der Waals surface area contributed by atoms with Crippen LogP contribution in [0.2, 0.25) is 0 Å². The molecule has 0 atom stereocenters. The summed E-state index contributed by atoms with van der Waals surface area (Å²) >= 11 is 0. The summed E-state index contributed by atoms with van der Waals surface area (Å²) in [4.78, 5) is 5.14. The van der Waals surface area contributed by atoms with Crippen LogP contribution >= 0.6 is 0 Å². The number of rotatable bonds is 7. The third kappa shape index (κ3) is 6.34. The number of para-hydroxylation sites is 4. The van der Waals surface area contributed by atoms with E-state index in [4.69, 9.17) is 4.98 Å². The molecule has 69 heavy (non-hydrogen) atoms. The van der Waals surface area contributed by atoms with Crippen LogP contribution in [0.15, 0.2) is 255 Å². The summed E-state index contributed by atoms with van der Waals surface area (Å²) in [5.41, 5.74) is 19.2. The van der Waals surface area contributed by atoms with Crippen molar-refractivity contribution in [3.8, 4) is 61.8 Å². The normalized spacial score (nSPS) is 11.8. The van der Waals surface area contributed by atoms with Gasteiger partial charge < -0.3 is 13.7 Å². The molecule has 0 fully saturated rings. The molecule has 0 bridgehead atoms. The van der Waals surface area contributed by atoms with Crippen LogP contribution in [-0.2, 0) is 0 Å². The maximum absolute atomic E-state index is 5.14. The van der Waals surface area contributed by atoms with E-state index < -0.39 is 0 Å². The van der Waals surface area contributed by atoms with Gasteiger partial charge in [-0.2, -0.15) is 0 Å². The smallest absolute Gasteiger partial charge is 0.0715 e. The summed E-state index contributed by atoms with van der Waals surface area (Å²) in [6, 6.07) is 92.3. The van der Waals surface area contributed by atoms with Gasteiger partial charge in [-0.05, 0) is 113 Å². The fourth-order valence-electron chi connectivity index (χ4n) is 10.8. The quantitative estimate of drug-likeness (QED) is 0.157. The van der Waals surface area contributed by atoms with Gasteiger partial charge in [0.15, 0.2) is 0 Å². The molecule has 14 rings (SSSR count). The van der Waals surface area contributed by atoms with E-state index >= 15 is 0 Å². The van der Waals surface area contributed by atoms with Gasteiger partial charge in [0.05, 0.1) is 44.5 Å². The van der Waals surface area contributed by atoms with Crippen molar-refractivity contribution in [3.05, 3.63) is 255 Å². The Morgan fingerprint density at radius 3 is 1.00 bits per heavy atom. The van der Waals surface area contributed by atoms with Crippen molar-refractivity contribution in [2.45, 2.75) is 0 Å². The molecular formula is C65H42N4. The Morgan fingerprint density at radius 1 is 0.203 bits per heavy atom. The highest BCUT2D eigenvalue weighted by Gasteiger charge is 2.19. The number of hydrogen-bond acceptors (Lipinski definition) is 1. The summed E-state index contributed by atoms with van der Waals surface area (Å²) < 4.78 is 7.27. The van der Waals surface area contributed by atoms with Crippen LogP contribution in [-0.4, -0.2) is 18.7 Å². The molecule has 0 amide bonds. The van der Waals surface area contributed by atoms with Gasteiger partial charge in [-0.1, -0.05) is 164 Å². The molecule has 14 aromatic rings. The summed E-state index contributed by atoms with van der Waals surface area (Å²) in [5, 5.41) is 7.42. The Kier molecular flexibility index (Phi) is 8.86. The molecule has 0 unspecified atom stereocenters. The predicted molar refractivity (Wildman–Crippen MR) is 289 cm³/mol. The molecule has 0 radical (unpaired) electrons. The zero-order valence-corrected chi connectivity index (χ0v) is 37.5. The summed E-state index contributed by atoms with van der Waals surface area (Å²) in [6.45, 7) is 0. The second-order valence-electron chi connectivity index (χ2n) is 18.0. The number of benzene rings is 10. The highest BCUT2D eigenvalue weighted by Crippen LogP contribution is 2.40. The van der Waals surface area contributed by atoms with Crippen LogP contribution in [0.5, 0.6) is 0 Å². The molecule has 0 spiro atoms. The van der Waals surface area contributed by atoms with Gasteiger partial charge in [-0.15, -0.1) is 0 Å². The molecule has 0 N–H and O–H groups in total. The lowest BCUT2D eigenvalue weighted by atomic mass is 9.96. The molecule has 0 aliphatic rings. The van der Waals surface area contributed by atoms with Gasteiger partial charge in [0.2, 0.25) is 0 Å². The van der Waals surface area contributed by atoms with Crippen molar-refractivity contribution >= 4 is 65.4 Å². The highest BCUT2D eigenvalue weighted by molar-refractivity contribution is 6.14. The van der Waals surface area contributed by atoms with Gasteiger partial charge in [0, 0.05) is 60.5 Å². The summed E-state index contributed by atoms with van der Waals surface area (Å²) in [7, 11) is 0. The maximum atomic E-state index is 5.14. The van der Waals surface area contributed by atoms with Gasteiger partial charge in [-0.3, -0.25) is 0 Å². The molecule has 322 valence electrons. The molecule has 4 heterocycles. The van der Waals surface area contributed by atoms with E-state index in [1.165, 1.54) is 54.4 Å². The molecule has 0 aliphatic heterocycles. The minimum atomic E-state index is 0.956. The minimum absolute atomic E-state index is 0.956. The van der Waals surface area contributed by atoms with Crippen molar-refractivity contribution in [1.29, 1.82) is 0 Å². The zero-order valence-electron chi connectivity index (χ0n) is 37.5. The SMILES string of the molecule is c1ccc(-c2cc(-c3cccc(-c4ccc(-n5c6ccc(-n7c8ccccc8c8ccccc87)cc6c6cc(-n7c8ccccc8c8ccccc87)ccc65)cc4)c3)cc(-c3ccccc3)n2)cc1. The minimum Gasteiger partial charge on any atom is -0.309 e. The largest absolute Gasteiger partial charge is 0.309 e. The molecule has 4 heteroatoms. The fraction of sp³-hybridized carbons (Fsp3) is 0. The van der Waals surface area contributed by atoms with Crippen LogP contribution in [0.25, 0.3) is 127 Å². The standard InChI is InChI=1S/C65H42N4/c1-3-16-44(17-4-1)58-39-48(40-59(66-58)45-18-5-2-6-19-45)47-21-15-20-46(38-47)43-30-32-49(33-31-43)67-64-36-34-50(68-60-26-11-7-22-52(60)53-23-8-12-27-61(53)68)41-56(64)57-42-51(35-37-65(57)67)69-62-28-13-9-24-54(62)55-25-10-14-29-63(55)69/h1-42H. The first-order valence-electron chi connectivity index (χ1n) is 23.6. The summed E-state index contributed by atoms with van der Waals surface area (Å²) in [5.74, 6) is 0. The van der Waals surface area contributed by atoms with E-state index in [0.717, 1.165) is 72.9 Å². The van der Waals surface area contributed by atoms with Crippen LogP contribution in [0.3, 0.4) is 0 Å².